The quantitative estimate of drug-likeness (QED) is 0.0395. The SMILES string of the molecule is C=CCO[C@@H]1O[C@@H](C)[C@H](OCc2ccccc2)[C@@H](OCc2ccccc2)[C@H]1O[C@@H]1O[C@@H](C)[C@H](OCc2ccccc2)[C@@H](O[C@@H]2O[C@H](COC(C)=O)[C@@H](OC(C)=O)[C@H](OC(C)=O)[C@H]2OC(C)=O)[C@H]1O[C@@H]1O[C@H](COC(C)=O)[C@@H](OC(C)=O)[C@H](OC(C)=O)[C@H]1NC(=O)C(Cl)(Cl)Cl. The number of rotatable bonds is 28. The van der Waals surface area contributed by atoms with Gasteiger partial charge < -0.3 is 90.6 Å². The van der Waals surface area contributed by atoms with Gasteiger partial charge in [0.05, 0.1) is 38.6 Å². The predicted molar refractivity (Wildman–Crippen MR) is 325 cm³/mol. The molecular formula is C64H78Cl3NO26. The Balaban J connectivity index is 1.49. The molecule has 27 nitrogen and oxygen atoms in total. The summed E-state index contributed by atoms with van der Waals surface area (Å²) in [5.41, 5.74) is 2.15. The van der Waals surface area contributed by atoms with Crippen molar-refractivity contribution in [3.8, 4) is 0 Å². The molecule has 3 aromatic carbocycles. The molecule has 4 saturated heterocycles. The molecule has 0 aromatic heterocycles. The van der Waals surface area contributed by atoms with Crippen molar-refractivity contribution in [3.05, 3.63) is 120 Å². The van der Waals surface area contributed by atoms with Gasteiger partial charge in [0.25, 0.3) is 9.70 Å². The van der Waals surface area contributed by atoms with Crippen LogP contribution in [-0.4, -0.2) is 194 Å². The Kier molecular flexibility index (Phi) is 28.4. The highest BCUT2D eigenvalue weighted by Crippen LogP contribution is 2.41. The van der Waals surface area contributed by atoms with Crippen LogP contribution >= 0.6 is 34.8 Å². The second kappa shape index (κ2) is 35.5. The van der Waals surface area contributed by atoms with Gasteiger partial charge in [0.1, 0.15) is 68.1 Å². The molecule has 0 saturated carbocycles. The van der Waals surface area contributed by atoms with Crippen LogP contribution < -0.4 is 5.32 Å². The van der Waals surface area contributed by atoms with E-state index < -0.39 is 187 Å². The van der Waals surface area contributed by atoms with Gasteiger partial charge in [-0.2, -0.15) is 0 Å². The Morgan fingerprint density at radius 1 is 0.426 bits per heavy atom. The molecule has 0 radical (unpaired) electrons. The van der Waals surface area contributed by atoms with Crippen molar-refractivity contribution in [2.75, 3.05) is 19.8 Å². The van der Waals surface area contributed by atoms with Crippen LogP contribution in [0.3, 0.4) is 0 Å². The van der Waals surface area contributed by atoms with E-state index in [-0.39, 0.29) is 26.4 Å². The van der Waals surface area contributed by atoms with Crippen LogP contribution in [-0.2, 0) is 143 Å². The summed E-state index contributed by atoms with van der Waals surface area (Å²) in [6.07, 6.45) is -28.8. The first-order chi connectivity index (χ1) is 44.7. The van der Waals surface area contributed by atoms with E-state index in [4.69, 9.17) is 120 Å². The van der Waals surface area contributed by atoms with Gasteiger partial charge in [-0.25, -0.2) is 0 Å². The van der Waals surface area contributed by atoms with Crippen LogP contribution in [0.4, 0.5) is 0 Å². The number of amides is 1. The first kappa shape index (κ1) is 75.0. The first-order valence-electron chi connectivity index (χ1n) is 30.0. The van der Waals surface area contributed by atoms with Crippen molar-refractivity contribution in [2.45, 2.75) is 209 Å². The highest BCUT2D eigenvalue weighted by Gasteiger charge is 2.61. The van der Waals surface area contributed by atoms with Gasteiger partial charge in [-0.05, 0) is 30.5 Å². The fourth-order valence-electron chi connectivity index (χ4n) is 10.9. The molecule has 4 aliphatic heterocycles. The topological polar surface area (TPSA) is 315 Å². The van der Waals surface area contributed by atoms with Crippen LogP contribution in [0.25, 0.3) is 0 Å². The molecule has 94 heavy (non-hydrogen) atoms. The summed E-state index contributed by atoms with van der Waals surface area (Å²) in [4.78, 5) is 105. The Bertz CT molecular complexity index is 3000. The number of halogens is 3. The lowest BCUT2D eigenvalue weighted by molar-refractivity contribution is -0.406. The molecule has 0 aliphatic carbocycles. The number of alkyl halides is 3. The molecule has 4 aliphatic rings. The summed E-state index contributed by atoms with van der Waals surface area (Å²) in [5, 5.41) is 2.50. The van der Waals surface area contributed by atoms with Crippen LogP contribution in [0.2, 0.25) is 0 Å². The molecule has 30 heteroatoms. The molecule has 1 N–H and O–H groups in total. The van der Waals surface area contributed by atoms with Crippen molar-refractivity contribution in [1.82, 2.24) is 5.32 Å². The summed E-state index contributed by atoms with van der Waals surface area (Å²) in [6.45, 7) is 12.8. The van der Waals surface area contributed by atoms with Gasteiger partial charge >= 0.3 is 41.8 Å². The number of nitrogens with one attached hydrogen (secondary N) is 1. The van der Waals surface area contributed by atoms with E-state index in [0.29, 0.717) is 5.56 Å². The maximum atomic E-state index is 14.1. The van der Waals surface area contributed by atoms with Gasteiger partial charge in [-0.1, -0.05) is 132 Å². The Hall–Kier alpha value is -6.41. The number of carbonyl (C=O) groups excluding carboxylic acids is 8. The Labute approximate surface area is 557 Å². The predicted octanol–water partition coefficient (Wildman–Crippen LogP) is 5.68. The van der Waals surface area contributed by atoms with Crippen molar-refractivity contribution in [1.29, 1.82) is 0 Å². The molecule has 516 valence electrons. The standard InChI is InChI=1S/C64H78Cl3NO26/c1-11-27-77-60-56(53(82-30-44-25-19-14-20-26-44)48(33(2)83-60)80-28-42-21-15-12-16-22-42)94-61-58(93-59-47(68-63(76)64(65,66)67)52(87-39(8)73)50(85-37(6)71)45(90-59)31-78-35(4)69)54(49(34(3)84-61)81-29-43-23-17-13-18-24-43)92-62-57(89-41(10)75)55(88-40(9)74)51(86-38(7)72)46(91-62)32-79-36(5)70/h11-26,33-34,45-62H,1,27-32H2,2-10H3,(H,68,76)/t33-,34-,45+,46+,47+,48-,49-,50+,51+,52+,53+,54+,55-,56+,57+,58+,59-,60+,61-,62-/m0/s1. The third kappa shape index (κ3) is 21.5. The normalized spacial score (nSPS) is 30.9. The van der Waals surface area contributed by atoms with E-state index >= 15 is 0 Å². The average molecular weight is 1380 g/mol. The van der Waals surface area contributed by atoms with E-state index in [0.717, 1.165) is 59.6 Å². The number of hydrogen-bond acceptors (Lipinski definition) is 26. The molecule has 4 heterocycles. The summed E-state index contributed by atoms with van der Waals surface area (Å²) in [7, 11) is 0. The largest absolute Gasteiger partial charge is 0.463 e. The molecule has 0 spiro atoms. The fourth-order valence-corrected chi connectivity index (χ4v) is 11.1. The lowest BCUT2D eigenvalue weighted by Crippen LogP contribution is -2.71. The van der Waals surface area contributed by atoms with E-state index in [1.165, 1.54) is 6.08 Å². The zero-order chi connectivity index (χ0) is 68.4. The monoisotopic (exact) mass is 1380 g/mol. The summed E-state index contributed by atoms with van der Waals surface area (Å²) in [5.74, 6) is -7.87. The maximum absolute atomic E-state index is 14.1. The lowest BCUT2D eigenvalue weighted by Gasteiger charge is -2.52. The second-order valence-corrected chi connectivity index (χ2v) is 24.5. The van der Waals surface area contributed by atoms with Crippen molar-refractivity contribution < 1.29 is 124 Å². The molecule has 3 aromatic rings. The summed E-state index contributed by atoms with van der Waals surface area (Å²) in [6, 6.07) is 25.4. The highest BCUT2D eigenvalue weighted by molar-refractivity contribution is 6.76. The van der Waals surface area contributed by atoms with Gasteiger partial charge in [0.2, 0.25) is 0 Å². The summed E-state index contributed by atoms with van der Waals surface area (Å²) < 4.78 is 112. The van der Waals surface area contributed by atoms with Gasteiger partial charge in [0.15, 0.2) is 55.7 Å². The zero-order valence-corrected chi connectivity index (χ0v) is 55.3. The minimum Gasteiger partial charge on any atom is -0.463 e. The highest BCUT2D eigenvalue weighted by atomic mass is 35.6. The lowest BCUT2D eigenvalue weighted by atomic mass is 9.94. The first-order valence-corrected chi connectivity index (χ1v) is 31.1. The zero-order valence-electron chi connectivity index (χ0n) is 53.0. The average Bonchev–Trinajstić information content (AvgIpc) is 0.766. The van der Waals surface area contributed by atoms with Crippen LogP contribution in [0.5, 0.6) is 0 Å². The van der Waals surface area contributed by atoms with E-state index in [2.05, 4.69) is 11.9 Å². The molecule has 20 atom stereocenters. The molecule has 1 amide bonds. The Morgan fingerprint density at radius 2 is 0.787 bits per heavy atom. The van der Waals surface area contributed by atoms with E-state index in [9.17, 15) is 38.4 Å². The molecule has 0 bridgehead atoms. The third-order valence-electron chi connectivity index (χ3n) is 14.8. The second-order valence-electron chi connectivity index (χ2n) is 22.2. The molecule has 7 rings (SSSR count). The van der Waals surface area contributed by atoms with Gasteiger partial charge in [0, 0.05) is 48.5 Å². The van der Waals surface area contributed by atoms with E-state index in [1.807, 2.05) is 60.7 Å². The minimum absolute atomic E-state index is 0.0331. The summed E-state index contributed by atoms with van der Waals surface area (Å²) >= 11 is 18.7. The fraction of sp³-hybridized carbons (Fsp3) is 0.562. The van der Waals surface area contributed by atoms with Crippen LogP contribution in [0.15, 0.2) is 104 Å². The van der Waals surface area contributed by atoms with Gasteiger partial charge in [-0.3, -0.25) is 38.4 Å². The van der Waals surface area contributed by atoms with Crippen molar-refractivity contribution in [3.63, 3.8) is 0 Å². The number of hydrogen-bond donors (Lipinski definition) is 1. The molecule has 0 unspecified atom stereocenters. The maximum Gasteiger partial charge on any atom is 0.303 e. The smallest absolute Gasteiger partial charge is 0.303 e. The number of ether oxygens (including phenoxy) is 18. The van der Waals surface area contributed by atoms with Crippen LogP contribution in [0, 0.1) is 0 Å². The number of esters is 7. The van der Waals surface area contributed by atoms with Crippen molar-refractivity contribution >= 4 is 82.5 Å². The van der Waals surface area contributed by atoms with Crippen LogP contribution in [0.1, 0.15) is 79.0 Å². The minimum atomic E-state index is -2.77. The number of benzene rings is 3. The number of carbonyl (C=O) groups is 8. The Morgan fingerprint density at radius 3 is 1.23 bits per heavy atom. The molecule has 4 fully saturated rings. The van der Waals surface area contributed by atoms with Crippen molar-refractivity contribution in [2.24, 2.45) is 0 Å². The van der Waals surface area contributed by atoms with Gasteiger partial charge in [-0.15, -0.1) is 6.58 Å². The third-order valence-corrected chi connectivity index (χ3v) is 15.3. The molecular weight excluding hydrogens is 1310 g/mol. The van der Waals surface area contributed by atoms with E-state index in [1.54, 1.807) is 44.2 Å².